The third-order valence-electron chi connectivity index (χ3n) is 7.97. The molecule has 0 aliphatic rings. The van der Waals surface area contributed by atoms with Crippen LogP contribution in [0.4, 0.5) is 11.4 Å². The van der Waals surface area contributed by atoms with Gasteiger partial charge < -0.3 is 25.6 Å². The molecule has 0 heterocycles. The Morgan fingerprint density at radius 3 is 1.71 bits per heavy atom. The molecule has 1 amide bonds. The van der Waals surface area contributed by atoms with Crippen LogP contribution >= 0.6 is 0 Å². The van der Waals surface area contributed by atoms with Crippen molar-refractivity contribution in [2.45, 2.75) is 39.2 Å². The SMILES string of the molecule is CC=C(C)C(O)c1cccc(C(=O)Nc2ccc(Oc3ccc(C(C)(C)c4ccc(Oc5ccc(N)cc5)cc4)cc3)cc2)c1. The Bertz CT molecular complexity index is 1770. The molecule has 1 unspecified atom stereocenters. The average molecular weight is 599 g/mol. The minimum Gasteiger partial charge on any atom is -0.457 e. The smallest absolute Gasteiger partial charge is 0.255 e. The minimum absolute atomic E-state index is 0.235. The van der Waals surface area contributed by atoms with Gasteiger partial charge in [0.25, 0.3) is 5.91 Å². The lowest BCUT2D eigenvalue weighted by atomic mass is 9.78. The quantitative estimate of drug-likeness (QED) is 0.110. The van der Waals surface area contributed by atoms with Crippen molar-refractivity contribution in [2.24, 2.45) is 0 Å². The van der Waals surface area contributed by atoms with Crippen molar-refractivity contribution < 1.29 is 19.4 Å². The molecule has 0 radical (unpaired) electrons. The number of benzene rings is 5. The molecule has 5 aromatic carbocycles. The van der Waals surface area contributed by atoms with Gasteiger partial charge in [0.1, 0.15) is 23.0 Å². The molecule has 0 spiro atoms. The Morgan fingerprint density at radius 2 is 1.22 bits per heavy atom. The van der Waals surface area contributed by atoms with Crippen LogP contribution in [0.1, 0.15) is 60.8 Å². The largest absolute Gasteiger partial charge is 0.457 e. The number of rotatable bonds is 10. The summed E-state index contributed by atoms with van der Waals surface area (Å²) in [6.45, 7) is 8.11. The molecule has 228 valence electrons. The van der Waals surface area contributed by atoms with E-state index in [0.29, 0.717) is 34.0 Å². The van der Waals surface area contributed by atoms with Crippen LogP contribution in [-0.2, 0) is 5.41 Å². The third kappa shape index (κ3) is 7.61. The van der Waals surface area contributed by atoms with Crippen LogP contribution in [0.5, 0.6) is 23.0 Å². The summed E-state index contributed by atoms with van der Waals surface area (Å²) in [6.07, 6.45) is 1.12. The van der Waals surface area contributed by atoms with Crippen LogP contribution in [0.15, 0.2) is 133 Å². The van der Waals surface area contributed by atoms with Crippen LogP contribution in [0.3, 0.4) is 0 Å². The lowest BCUT2D eigenvalue weighted by molar-refractivity contribution is 0.102. The number of nitrogen functional groups attached to an aromatic ring is 1. The summed E-state index contributed by atoms with van der Waals surface area (Å²) in [6, 6.07) is 37.8. The summed E-state index contributed by atoms with van der Waals surface area (Å²) in [5.74, 6) is 2.62. The predicted molar refractivity (Wildman–Crippen MR) is 181 cm³/mol. The molecule has 45 heavy (non-hydrogen) atoms. The zero-order valence-electron chi connectivity index (χ0n) is 26.0. The Morgan fingerprint density at radius 1 is 0.756 bits per heavy atom. The maximum atomic E-state index is 12.9. The van der Waals surface area contributed by atoms with Crippen molar-refractivity contribution in [3.63, 3.8) is 0 Å². The highest BCUT2D eigenvalue weighted by Gasteiger charge is 2.23. The van der Waals surface area contributed by atoms with Crippen molar-refractivity contribution in [1.29, 1.82) is 0 Å². The molecule has 0 aliphatic carbocycles. The van der Waals surface area contributed by atoms with Gasteiger partial charge in [-0.05, 0) is 121 Å². The zero-order chi connectivity index (χ0) is 32.0. The first-order valence-corrected chi connectivity index (χ1v) is 14.9. The topological polar surface area (TPSA) is 93.8 Å². The van der Waals surface area contributed by atoms with Gasteiger partial charge in [-0.2, -0.15) is 0 Å². The summed E-state index contributed by atoms with van der Waals surface area (Å²) in [4.78, 5) is 12.9. The first kappa shape index (κ1) is 31.1. The highest BCUT2D eigenvalue weighted by molar-refractivity contribution is 6.04. The highest BCUT2D eigenvalue weighted by atomic mass is 16.5. The highest BCUT2D eigenvalue weighted by Crippen LogP contribution is 2.35. The van der Waals surface area contributed by atoms with Gasteiger partial charge in [-0.15, -0.1) is 0 Å². The van der Waals surface area contributed by atoms with Gasteiger partial charge in [0.2, 0.25) is 0 Å². The zero-order valence-corrected chi connectivity index (χ0v) is 26.0. The molecular weight excluding hydrogens is 560 g/mol. The maximum absolute atomic E-state index is 12.9. The number of hydrogen-bond acceptors (Lipinski definition) is 5. The number of ether oxygens (including phenoxy) is 2. The van der Waals surface area contributed by atoms with Gasteiger partial charge >= 0.3 is 0 Å². The van der Waals surface area contributed by atoms with Crippen molar-refractivity contribution in [3.8, 4) is 23.0 Å². The second-order valence-corrected chi connectivity index (χ2v) is 11.5. The molecule has 0 saturated carbocycles. The van der Waals surface area contributed by atoms with E-state index in [1.165, 1.54) is 0 Å². The molecule has 5 rings (SSSR count). The Hall–Kier alpha value is -5.33. The molecular formula is C39H38N2O4. The number of hydrogen-bond donors (Lipinski definition) is 3. The van der Waals surface area contributed by atoms with E-state index >= 15 is 0 Å². The number of nitrogens with one attached hydrogen (secondary N) is 1. The Kier molecular flexibility index (Phi) is 9.36. The maximum Gasteiger partial charge on any atom is 0.255 e. The van der Waals surface area contributed by atoms with E-state index in [2.05, 4.69) is 43.4 Å². The van der Waals surface area contributed by atoms with Crippen LogP contribution < -0.4 is 20.5 Å². The fraction of sp³-hybridized carbons (Fsp3) is 0.154. The second kappa shape index (κ2) is 13.5. The number of aliphatic hydroxyl groups excluding tert-OH is 1. The summed E-state index contributed by atoms with van der Waals surface area (Å²) in [5, 5.41) is 13.4. The molecule has 5 aromatic rings. The summed E-state index contributed by atoms with van der Waals surface area (Å²) < 4.78 is 12.0. The first-order chi connectivity index (χ1) is 21.6. The van der Waals surface area contributed by atoms with E-state index in [9.17, 15) is 9.90 Å². The summed E-state index contributed by atoms with van der Waals surface area (Å²) >= 11 is 0. The normalized spacial score (nSPS) is 12.3. The molecule has 0 aromatic heterocycles. The van der Waals surface area contributed by atoms with Gasteiger partial charge in [-0.1, -0.05) is 56.3 Å². The minimum atomic E-state index is -0.743. The predicted octanol–water partition coefficient (Wildman–Crippen LogP) is 9.43. The number of anilines is 2. The Balaban J connectivity index is 1.19. The van der Waals surface area contributed by atoms with Crippen LogP contribution in [0, 0.1) is 0 Å². The fourth-order valence-electron chi connectivity index (χ4n) is 4.93. The standard InChI is InChI=1S/C39H38N2O4/c1-5-26(2)37(42)27-7-6-8-28(25-27)38(43)41-32-15-23-36(24-16-32)45-34-19-11-30(12-20-34)39(3,4)29-9-17-33(18-10-29)44-35-21-13-31(40)14-22-35/h5-25,37,42H,40H2,1-4H3,(H,41,43). The van der Waals surface area contributed by atoms with Crippen LogP contribution in [0.2, 0.25) is 0 Å². The number of amides is 1. The first-order valence-electron chi connectivity index (χ1n) is 14.9. The van der Waals surface area contributed by atoms with E-state index in [0.717, 1.165) is 28.2 Å². The van der Waals surface area contributed by atoms with Crippen molar-refractivity contribution >= 4 is 17.3 Å². The van der Waals surface area contributed by atoms with E-state index in [-0.39, 0.29) is 11.3 Å². The average Bonchev–Trinajstić information content (AvgIpc) is 3.06. The van der Waals surface area contributed by atoms with E-state index < -0.39 is 6.10 Å². The van der Waals surface area contributed by atoms with E-state index in [1.54, 1.807) is 30.3 Å². The number of aliphatic hydroxyl groups is 1. The number of carbonyl (C=O) groups is 1. The third-order valence-corrected chi connectivity index (χ3v) is 7.97. The van der Waals surface area contributed by atoms with Gasteiger partial charge in [0.15, 0.2) is 0 Å². The molecule has 0 saturated heterocycles. The van der Waals surface area contributed by atoms with Crippen LogP contribution in [-0.4, -0.2) is 11.0 Å². The molecule has 0 fully saturated rings. The van der Waals surface area contributed by atoms with Gasteiger partial charge in [0.05, 0.1) is 6.10 Å². The number of allylic oxidation sites excluding steroid dienone is 1. The van der Waals surface area contributed by atoms with Gasteiger partial charge in [-0.3, -0.25) is 4.79 Å². The lowest BCUT2D eigenvalue weighted by Crippen LogP contribution is -2.18. The van der Waals surface area contributed by atoms with E-state index in [4.69, 9.17) is 15.2 Å². The van der Waals surface area contributed by atoms with Crippen molar-refractivity contribution in [3.05, 3.63) is 155 Å². The second-order valence-electron chi connectivity index (χ2n) is 11.5. The molecule has 1 atom stereocenters. The Labute approximate surface area is 264 Å². The molecule has 0 aliphatic heterocycles. The summed E-state index contributed by atoms with van der Waals surface area (Å²) in [7, 11) is 0. The summed E-state index contributed by atoms with van der Waals surface area (Å²) in [5.41, 5.74) is 11.2. The van der Waals surface area contributed by atoms with Crippen molar-refractivity contribution in [1.82, 2.24) is 0 Å². The van der Waals surface area contributed by atoms with Crippen LogP contribution in [0.25, 0.3) is 0 Å². The van der Waals surface area contributed by atoms with Gasteiger partial charge in [0, 0.05) is 22.4 Å². The number of nitrogens with two attached hydrogens (primary N) is 1. The molecule has 0 bridgehead atoms. The van der Waals surface area contributed by atoms with E-state index in [1.807, 2.05) is 86.7 Å². The lowest BCUT2D eigenvalue weighted by Gasteiger charge is -2.26. The molecule has 6 heteroatoms. The van der Waals surface area contributed by atoms with Gasteiger partial charge in [-0.25, -0.2) is 0 Å². The molecule has 6 nitrogen and oxygen atoms in total. The monoisotopic (exact) mass is 598 g/mol. The number of carbonyl (C=O) groups excluding carboxylic acids is 1. The fourth-order valence-corrected chi connectivity index (χ4v) is 4.93. The van der Waals surface area contributed by atoms with Crippen molar-refractivity contribution in [2.75, 3.05) is 11.1 Å². The molecule has 4 N–H and O–H groups in total.